The predicted molar refractivity (Wildman–Crippen MR) is 66.5 cm³/mol. The lowest BCUT2D eigenvalue weighted by atomic mass is 10.1. The summed E-state index contributed by atoms with van der Waals surface area (Å²) < 4.78 is 6.28. The van der Waals surface area contributed by atoms with Gasteiger partial charge in [-0.2, -0.15) is 0 Å². The highest BCUT2D eigenvalue weighted by atomic mass is 28.4. The average Bonchev–Trinajstić information content (AvgIpc) is 2.41. The van der Waals surface area contributed by atoms with Gasteiger partial charge in [0.1, 0.15) is 0 Å². The zero-order chi connectivity index (χ0) is 11.1. The van der Waals surface area contributed by atoms with Gasteiger partial charge in [-0.3, -0.25) is 0 Å². The predicted octanol–water partition coefficient (Wildman–Crippen LogP) is 3.77. The summed E-state index contributed by atoms with van der Waals surface area (Å²) in [4.78, 5) is 0. The molecule has 1 aromatic rings. The van der Waals surface area contributed by atoms with Crippen LogP contribution in [-0.4, -0.2) is 8.32 Å². The van der Waals surface area contributed by atoms with Crippen molar-refractivity contribution < 1.29 is 4.43 Å². The van der Waals surface area contributed by atoms with Crippen LogP contribution in [0.1, 0.15) is 24.2 Å². The van der Waals surface area contributed by atoms with E-state index in [1.165, 1.54) is 17.5 Å². The highest BCUT2D eigenvalue weighted by Gasteiger charge is 2.33. The summed E-state index contributed by atoms with van der Waals surface area (Å²) in [5.74, 6) is 0.633. The Bertz CT molecular complexity index is 354. The van der Waals surface area contributed by atoms with Gasteiger partial charge in [-0.05, 0) is 43.1 Å². The van der Waals surface area contributed by atoms with Crippen LogP contribution in [0.3, 0.4) is 0 Å². The fourth-order valence-corrected chi connectivity index (χ4v) is 3.44. The Morgan fingerprint density at radius 2 is 1.87 bits per heavy atom. The molecule has 0 spiro atoms. The van der Waals surface area contributed by atoms with Crippen LogP contribution in [0.15, 0.2) is 24.3 Å². The summed E-state index contributed by atoms with van der Waals surface area (Å²) in [6.07, 6.45) is 1.51. The molecular weight excluding hydrogens is 200 g/mol. The minimum absolute atomic E-state index is 0.341. The molecule has 2 heteroatoms. The molecule has 0 saturated carbocycles. The van der Waals surface area contributed by atoms with E-state index in [1.54, 1.807) is 0 Å². The average molecular weight is 220 g/mol. The lowest BCUT2D eigenvalue weighted by Crippen LogP contribution is -2.29. The summed E-state index contributed by atoms with van der Waals surface area (Å²) in [5, 5.41) is 0. The number of benzene rings is 1. The van der Waals surface area contributed by atoms with Gasteiger partial charge in [-0.25, -0.2) is 0 Å². The van der Waals surface area contributed by atoms with Crippen molar-refractivity contribution in [3.05, 3.63) is 35.4 Å². The maximum absolute atomic E-state index is 6.28. The maximum Gasteiger partial charge on any atom is 0.184 e. The van der Waals surface area contributed by atoms with Crippen LogP contribution < -0.4 is 0 Å². The van der Waals surface area contributed by atoms with Crippen LogP contribution in [0, 0.1) is 5.92 Å². The second kappa shape index (κ2) is 3.76. The Morgan fingerprint density at radius 3 is 2.53 bits per heavy atom. The van der Waals surface area contributed by atoms with E-state index in [9.17, 15) is 0 Å². The SMILES string of the molecule is C[C@H]1Cc2ccccc2[C@H]1O[Si](C)(C)C. The van der Waals surface area contributed by atoms with Gasteiger partial charge in [0.2, 0.25) is 0 Å². The Hall–Kier alpha value is -0.603. The molecule has 0 radical (unpaired) electrons. The van der Waals surface area contributed by atoms with Gasteiger partial charge in [0.05, 0.1) is 6.10 Å². The van der Waals surface area contributed by atoms with Crippen LogP contribution in [0.5, 0.6) is 0 Å². The minimum atomic E-state index is -1.43. The molecule has 0 bridgehead atoms. The quantitative estimate of drug-likeness (QED) is 0.689. The molecule has 0 N–H and O–H groups in total. The summed E-state index contributed by atoms with van der Waals surface area (Å²) in [7, 11) is -1.43. The molecule has 82 valence electrons. The summed E-state index contributed by atoms with van der Waals surface area (Å²) in [5.41, 5.74) is 2.90. The molecule has 15 heavy (non-hydrogen) atoms. The highest BCUT2D eigenvalue weighted by Crippen LogP contribution is 2.39. The third kappa shape index (κ3) is 2.32. The highest BCUT2D eigenvalue weighted by molar-refractivity contribution is 6.69. The van der Waals surface area contributed by atoms with E-state index >= 15 is 0 Å². The van der Waals surface area contributed by atoms with Crippen LogP contribution in [0.2, 0.25) is 19.6 Å². The molecule has 1 nitrogen and oxygen atoms in total. The van der Waals surface area contributed by atoms with Gasteiger partial charge in [0.25, 0.3) is 0 Å². The van der Waals surface area contributed by atoms with E-state index in [4.69, 9.17) is 4.43 Å². The van der Waals surface area contributed by atoms with Crippen molar-refractivity contribution in [3.63, 3.8) is 0 Å². The lowest BCUT2D eigenvalue weighted by Gasteiger charge is -2.26. The minimum Gasteiger partial charge on any atom is -0.410 e. The van der Waals surface area contributed by atoms with Gasteiger partial charge in [-0.15, -0.1) is 0 Å². The van der Waals surface area contributed by atoms with Crippen LogP contribution in [-0.2, 0) is 10.8 Å². The van der Waals surface area contributed by atoms with Crippen LogP contribution >= 0.6 is 0 Å². The fourth-order valence-electron chi connectivity index (χ4n) is 2.32. The van der Waals surface area contributed by atoms with Crippen molar-refractivity contribution in [2.45, 2.75) is 39.1 Å². The number of fused-ring (bicyclic) bond motifs is 1. The topological polar surface area (TPSA) is 9.23 Å². The van der Waals surface area contributed by atoms with E-state index in [0.717, 1.165) is 0 Å². The molecule has 0 amide bonds. The molecule has 0 aliphatic heterocycles. The zero-order valence-corrected chi connectivity index (χ0v) is 11.1. The van der Waals surface area contributed by atoms with E-state index in [0.29, 0.717) is 12.0 Å². The first-order valence-electron chi connectivity index (χ1n) is 5.73. The van der Waals surface area contributed by atoms with Crippen molar-refractivity contribution in [1.82, 2.24) is 0 Å². The van der Waals surface area contributed by atoms with Crippen LogP contribution in [0.4, 0.5) is 0 Å². The molecule has 2 atom stereocenters. The van der Waals surface area contributed by atoms with Gasteiger partial charge < -0.3 is 4.43 Å². The summed E-state index contributed by atoms with van der Waals surface area (Å²) in [6.45, 7) is 9.09. The number of rotatable bonds is 2. The molecule has 0 aromatic heterocycles. The Morgan fingerprint density at radius 1 is 1.20 bits per heavy atom. The first kappa shape index (κ1) is 10.9. The van der Waals surface area contributed by atoms with Gasteiger partial charge in [0.15, 0.2) is 8.32 Å². The first-order chi connectivity index (χ1) is 6.97. The second-order valence-corrected chi connectivity index (χ2v) is 9.99. The van der Waals surface area contributed by atoms with Crippen molar-refractivity contribution in [1.29, 1.82) is 0 Å². The lowest BCUT2D eigenvalue weighted by molar-refractivity contribution is 0.152. The van der Waals surface area contributed by atoms with E-state index in [2.05, 4.69) is 50.8 Å². The maximum atomic E-state index is 6.28. The number of hydrogen-bond acceptors (Lipinski definition) is 1. The second-order valence-electron chi connectivity index (χ2n) is 5.53. The van der Waals surface area contributed by atoms with Crippen molar-refractivity contribution in [2.75, 3.05) is 0 Å². The molecule has 0 fully saturated rings. The summed E-state index contributed by atoms with van der Waals surface area (Å²) >= 11 is 0. The zero-order valence-electron chi connectivity index (χ0n) is 10.1. The first-order valence-corrected chi connectivity index (χ1v) is 9.14. The molecule has 0 heterocycles. The molecule has 1 aromatic carbocycles. The fraction of sp³-hybridized carbons (Fsp3) is 0.538. The van der Waals surface area contributed by atoms with Crippen molar-refractivity contribution >= 4 is 8.32 Å². The molecular formula is C13H20OSi. The van der Waals surface area contributed by atoms with Crippen molar-refractivity contribution in [3.8, 4) is 0 Å². The van der Waals surface area contributed by atoms with Gasteiger partial charge in [-0.1, -0.05) is 31.2 Å². The third-order valence-electron chi connectivity index (χ3n) is 2.90. The van der Waals surface area contributed by atoms with E-state index in [-0.39, 0.29) is 0 Å². The van der Waals surface area contributed by atoms with E-state index in [1.807, 2.05) is 0 Å². The van der Waals surface area contributed by atoms with Crippen LogP contribution in [0.25, 0.3) is 0 Å². The molecule has 2 rings (SSSR count). The van der Waals surface area contributed by atoms with Gasteiger partial charge in [0, 0.05) is 0 Å². The normalized spacial score (nSPS) is 25.3. The third-order valence-corrected chi connectivity index (χ3v) is 3.86. The Balaban J connectivity index is 2.26. The largest absolute Gasteiger partial charge is 0.410 e. The Labute approximate surface area is 93.6 Å². The molecule has 0 saturated heterocycles. The smallest absolute Gasteiger partial charge is 0.184 e. The van der Waals surface area contributed by atoms with Gasteiger partial charge >= 0.3 is 0 Å². The Kier molecular flexibility index (Phi) is 2.73. The molecule has 0 unspecified atom stereocenters. The van der Waals surface area contributed by atoms with E-state index < -0.39 is 8.32 Å². The number of hydrogen-bond donors (Lipinski definition) is 0. The van der Waals surface area contributed by atoms with Crippen molar-refractivity contribution in [2.24, 2.45) is 5.92 Å². The molecule has 1 aliphatic rings. The standard InChI is InChI=1S/C13H20OSi/c1-10-9-11-7-5-6-8-12(11)13(10)14-15(2,3)4/h5-8,10,13H,9H2,1-4H3/t10-,13-/m0/s1. The summed E-state index contributed by atoms with van der Waals surface area (Å²) in [6, 6.07) is 8.71. The molecule has 1 aliphatic carbocycles. The monoisotopic (exact) mass is 220 g/mol.